The fourth-order valence-electron chi connectivity index (χ4n) is 1.04. The van der Waals surface area contributed by atoms with Gasteiger partial charge >= 0.3 is 12.0 Å². The number of likely N-dealkylation sites (N-methyl/N-ethyl adjacent to an activating group) is 1. The summed E-state index contributed by atoms with van der Waals surface area (Å²) in [4.78, 5) is 34.1. The Morgan fingerprint density at radius 2 is 1.94 bits per heavy atom. The van der Waals surface area contributed by atoms with E-state index in [1.165, 1.54) is 11.9 Å². The SMILES string of the molecule is CCCN(CC(=O)NC)C(=O)NCC(=O)O. The van der Waals surface area contributed by atoms with Crippen LogP contribution in [0.5, 0.6) is 0 Å². The number of rotatable bonds is 6. The van der Waals surface area contributed by atoms with Crippen LogP contribution in [0.2, 0.25) is 0 Å². The summed E-state index contributed by atoms with van der Waals surface area (Å²) >= 11 is 0. The molecule has 92 valence electrons. The van der Waals surface area contributed by atoms with Crippen molar-refractivity contribution in [3.8, 4) is 0 Å². The third-order valence-electron chi connectivity index (χ3n) is 1.78. The fraction of sp³-hybridized carbons (Fsp3) is 0.667. The molecule has 0 aliphatic heterocycles. The van der Waals surface area contributed by atoms with Gasteiger partial charge < -0.3 is 20.6 Å². The topological polar surface area (TPSA) is 98.7 Å². The van der Waals surface area contributed by atoms with Crippen molar-refractivity contribution in [2.75, 3.05) is 26.7 Å². The van der Waals surface area contributed by atoms with Crippen LogP contribution in [0, 0.1) is 0 Å². The summed E-state index contributed by atoms with van der Waals surface area (Å²) in [5, 5.41) is 13.0. The maximum absolute atomic E-state index is 11.5. The maximum atomic E-state index is 11.5. The van der Waals surface area contributed by atoms with E-state index in [0.717, 1.165) is 0 Å². The minimum absolute atomic E-state index is 0.0736. The zero-order valence-electron chi connectivity index (χ0n) is 9.45. The van der Waals surface area contributed by atoms with E-state index in [0.29, 0.717) is 13.0 Å². The van der Waals surface area contributed by atoms with Gasteiger partial charge in [0.1, 0.15) is 13.1 Å². The van der Waals surface area contributed by atoms with Crippen molar-refractivity contribution < 1.29 is 19.5 Å². The van der Waals surface area contributed by atoms with Gasteiger partial charge in [-0.05, 0) is 6.42 Å². The van der Waals surface area contributed by atoms with Crippen molar-refractivity contribution in [2.24, 2.45) is 0 Å². The van der Waals surface area contributed by atoms with Gasteiger partial charge in [-0.15, -0.1) is 0 Å². The molecule has 0 atom stereocenters. The monoisotopic (exact) mass is 231 g/mol. The molecular weight excluding hydrogens is 214 g/mol. The summed E-state index contributed by atoms with van der Waals surface area (Å²) in [5.41, 5.74) is 0. The van der Waals surface area contributed by atoms with Gasteiger partial charge in [0.15, 0.2) is 0 Å². The molecule has 0 saturated heterocycles. The van der Waals surface area contributed by atoms with E-state index in [4.69, 9.17) is 5.11 Å². The van der Waals surface area contributed by atoms with E-state index in [-0.39, 0.29) is 12.5 Å². The van der Waals surface area contributed by atoms with Crippen LogP contribution < -0.4 is 10.6 Å². The van der Waals surface area contributed by atoms with E-state index in [1.807, 2.05) is 6.92 Å². The molecule has 0 radical (unpaired) electrons. The molecule has 16 heavy (non-hydrogen) atoms. The minimum atomic E-state index is -1.12. The smallest absolute Gasteiger partial charge is 0.323 e. The van der Waals surface area contributed by atoms with Crippen LogP contribution >= 0.6 is 0 Å². The molecule has 0 aliphatic rings. The lowest BCUT2D eigenvalue weighted by molar-refractivity contribution is -0.135. The molecule has 0 aromatic heterocycles. The molecule has 3 N–H and O–H groups in total. The van der Waals surface area contributed by atoms with Gasteiger partial charge in [0, 0.05) is 13.6 Å². The second-order valence-electron chi connectivity index (χ2n) is 3.15. The Morgan fingerprint density at radius 1 is 1.31 bits per heavy atom. The molecule has 0 heterocycles. The second-order valence-corrected chi connectivity index (χ2v) is 3.15. The summed E-state index contributed by atoms with van der Waals surface area (Å²) in [6.45, 7) is 1.74. The van der Waals surface area contributed by atoms with Crippen LogP contribution in [0.3, 0.4) is 0 Å². The largest absolute Gasteiger partial charge is 0.480 e. The summed E-state index contributed by atoms with van der Waals surface area (Å²) in [6, 6.07) is -0.548. The normalized spacial score (nSPS) is 9.38. The Labute approximate surface area is 93.8 Å². The Kier molecular flexibility index (Phi) is 6.66. The zero-order valence-corrected chi connectivity index (χ0v) is 9.45. The Morgan fingerprint density at radius 3 is 2.38 bits per heavy atom. The van der Waals surface area contributed by atoms with E-state index in [9.17, 15) is 14.4 Å². The number of hydrogen-bond acceptors (Lipinski definition) is 3. The first-order valence-electron chi connectivity index (χ1n) is 4.96. The number of nitrogens with one attached hydrogen (secondary N) is 2. The predicted octanol–water partition coefficient (Wildman–Crippen LogP) is -0.761. The third-order valence-corrected chi connectivity index (χ3v) is 1.78. The number of carboxylic acids is 1. The van der Waals surface area contributed by atoms with Crippen molar-refractivity contribution in [3.05, 3.63) is 0 Å². The molecule has 0 aromatic rings. The average molecular weight is 231 g/mol. The van der Waals surface area contributed by atoms with Crippen LogP contribution in [-0.4, -0.2) is 54.6 Å². The molecule has 0 spiro atoms. The molecule has 0 unspecified atom stereocenters. The third kappa shape index (κ3) is 5.84. The van der Waals surface area contributed by atoms with Crippen molar-refractivity contribution in [1.82, 2.24) is 15.5 Å². The van der Waals surface area contributed by atoms with E-state index < -0.39 is 18.5 Å². The first-order chi connectivity index (χ1) is 7.51. The second kappa shape index (κ2) is 7.49. The molecule has 0 bridgehead atoms. The molecule has 7 nitrogen and oxygen atoms in total. The minimum Gasteiger partial charge on any atom is -0.480 e. The molecule has 0 aromatic carbocycles. The van der Waals surface area contributed by atoms with Crippen molar-refractivity contribution in [3.63, 3.8) is 0 Å². The molecule has 0 rings (SSSR count). The highest BCUT2D eigenvalue weighted by atomic mass is 16.4. The zero-order chi connectivity index (χ0) is 12.6. The molecular formula is C9H17N3O4. The highest BCUT2D eigenvalue weighted by molar-refractivity contribution is 5.85. The van der Waals surface area contributed by atoms with Crippen LogP contribution in [0.15, 0.2) is 0 Å². The molecule has 7 heteroatoms. The standard InChI is InChI=1S/C9H17N3O4/c1-3-4-12(6-7(13)10-2)9(16)11-5-8(14)15/h3-6H2,1-2H3,(H,10,13)(H,11,16)(H,14,15). The summed E-state index contributed by atoms with van der Waals surface area (Å²) in [5.74, 6) is -1.41. The summed E-state index contributed by atoms with van der Waals surface area (Å²) in [6.07, 6.45) is 0.692. The molecule has 3 amide bonds. The fourth-order valence-corrected chi connectivity index (χ4v) is 1.04. The Bertz CT molecular complexity index is 267. The number of nitrogens with zero attached hydrogens (tertiary/aromatic N) is 1. The Hall–Kier alpha value is -1.79. The molecule has 0 aliphatic carbocycles. The van der Waals surface area contributed by atoms with Crippen LogP contribution in [0.25, 0.3) is 0 Å². The summed E-state index contributed by atoms with van der Waals surface area (Å²) < 4.78 is 0. The van der Waals surface area contributed by atoms with E-state index in [2.05, 4.69) is 10.6 Å². The number of urea groups is 1. The number of hydrogen-bond donors (Lipinski definition) is 3. The van der Waals surface area contributed by atoms with E-state index >= 15 is 0 Å². The lowest BCUT2D eigenvalue weighted by Crippen LogP contribution is -2.46. The highest BCUT2D eigenvalue weighted by Crippen LogP contribution is 1.92. The lowest BCUT2D eigenvalue weighted by atomic mass is 10.4. The lowest BCUT2D eigenvalue weighted by Gasteiger charge is -2.20. The first kappa shape index (κ1) is 14.2. The number of aliphatic carboxylic acids is 1. The van der Waals surface area contributed by atoms with Gasteiger partial charge in [-0.25, -0.2) is 4.79 Å². The van der Waals surface area contributed by atoms with Crippen molar-refractivity contribution >= 4 is 17.9 Å². The maximum Gasteiger partial charge on any atom is 0.323 e. The number of carboxylic acid groups (broad SMARTS) is 1. The Balaban J connectivity index is 4.22. The number of amides is 3. The summed E-state index contributed by atoms with van der Waals surface area (Å²) in [7, 11) is 1.47. The first-order valence-corrected chi connectivity index (χ1v) is 4.96. The molecule has 0 fully saturated rings. The highest BCUT2D eigenvalue weighted by Gasteiger charge is 2.15. The quantitative estimate of drug-likeness (QED) is 0.559. The number of carbonyl (C=O) groups is 3. The van der Waals surface area contributed by atoms with Crippen LogP contribution in [-0.2, 0) is 9.59 Å². The van der Waals surface area contributed by atoms with Crippen LogP contribution in [0.4, 0.5) is 4.79 Å². The van der Waals surface area contributed by atoms with Crippen molar-refractivity contribution in [1.29, 1.82) is 0 Å². The van der Waals surface area contributed by atoms with E-state index in [1.54, 1.807) is 0 Å². The number of carbonyl (C=O) groups excluding carboxylic acids is 2. The van der Waals surface area contributed by atoms with Gasteiger partial charge in [-0.3, -0.25) is 9.59 Å². The van der Waals surface area contributed by atoms with Gasteiger partial charge in [0.05, 0.1) is 0 Å². The van der Waals surface area contributed by atoms with Gasteiger partial charge in [-0.2, -0.15) is 0 Å². The van der Waals surface area contributed by atoms with Gasteiger partial charge in [0.2, 0.25) is 5.91 Å². The van der Waals surface area contributed by atoms with Crippen molar-refractivity contribution in [2.45, 2.75) is 13.3 Å². The van der Waals surface area contributed by atoms with Gasteiger partial charge in [0.25, 0.3) is 0 Å². The predicted molar refractivity (Wildman–Crippen MR) is 57.0 cm³/mol. The van der Waals surface area contributed by atoms with Crippen LogP contribution in [0.1, 0.15) is 13.3 Å². The average Bonchev–Trinajstić information content (AvgIpc) is 2.24. The van der Waals surface area contributed by atoms with Gasteiger partial charge in [-0.1, -0.05) is 6.92 Å². The molecule has 0 saturated carbocycles.